The number of anilines is 2. The van der Waals surface area contributed by atoms with Gasteiger partial charge in [0, 0.05) is 17.3 Å². The Morgan fingerprint density at radius 3 is 2.62 bits per heavy atom. The van der Waals surface area contributed by atoms with Crippen molar-refractivity contribution in [1.82, 2.24) is 0 Å². The molecule has 164 valence electrons. The summed E-state index contributed by atoms with van der Waals surface area (Å²) in [5, 5.41) is 4.67. The Balaban J connectivity index is 1.49. The molecule has 1 heterocycles. The minimum Gasteiger partial charge on any atom is -0.378 e. The van der Waals surface area contributed by atoms with Crippen LogP contribution in [0.2, 0.25) is 10.0 Å². The standard InChI is InChI=1S/C25H22Cl2N2O2S/c1-15-4-2-5-17(12-15)29-32(30,31)18-9-11-24-21(14-18)19-6-3-7-20(19)25(28-24)16-8-10-22(26)23(27)13-16/h2-6,8-14,19-20,25,28-29H,7H2,1H3/t19-,20-,25-/m0/s1. The molecule has 3 aromatic rings. The van der Waals surface area contributed by atoms with Crippen LogP contribution in [0.15, 0.2) is 77.7 Å². The maximum absolute atomic E-state index is 13.1. The summed E-state index contributed by atoms with van der Waals surface area (Å²) < 4.78 is 28.8. The molecule has 4 nitrogen and oxygen atoms in total. The van der Waals surface area contributed by atoms with Crippen LogP contribution in [-0.4, -0.2) is 8.42 Å². The predicted octanol–water partition coefficient (Wildman–Crippen LogP) is 6.93. The first-order chi connectivity index (χ1) is 15.3. The van der Waals surface area contributed by atoms with Gasteiger partial charge in [0.2, 0.25) is 0 Å². The molecule has 1 aliphatic carbocycles. The number of hydrogen-bond donors (Lipinski definition) is 2. The smallest absolute Gasteiger partial charge is 0.261 e. The number of hydrogen-bond acceptors (Lipinski definition) is 3. The van der Waals surface area contributed by atoms with Crippen LogP contribution in [-0.2, 0) is 10.0 Å². The Morgan fingerprint density at radius 1 is 1.00 bits per heavy atom. The average Bonchev–Trinajstić information content (AvgIpc) is 3.25. The molecule has 2 aliphatic rings. The van der Waals surface area contributed by atoms with E-state index in [1.807, 2.05) is 49.4 Å². The van der Waals surface area contributed by atoms with Gasteiger partial charge in [-0.2, -0.15) is 0 Å². The number of halogens is 2. The van der Waals surface area contributed by atoms with Crippen molar-refractivity contribution in [2.45, 2.75) is 30.2 Å². The van der Waals surface area contributed by atoms with E-state index in [0.29, 0.717) is 15.7 Å². The Labute approximate surface area is 198 Å². The fraction of sp³-hybridized carbons (Fsp3) is 0.200. The number of allylic oxidation sites excluding steroid dienone is 2. The van der Waals surface area contributed by atoms with Crippen LogP contribution in [0.3, 0.4) is 0 Å². The number of aryl methyl sites for hydroxylation is 1. The van der Waals surface area contributed by atoms with Crippen molar-refractivity contribution in [3.05, 3.63) is 99.6 Å². The third-order valence-corrected chi connectivity index (χ3v) is 8.34. The van der Waals surface area contributed by atoms with Crippen molar-refractivity contribution >= 4 is 44.6 Å². The average molecular weight is 485 g/mol. The maximum atomic E-state index is 13.1. The summed E-state index contributed by atoms with van der Waals surface area (Å²) in [6.07, 6.45) is 5.25. The van der Waals surface area contributed by atoms with Gasteiger partial charge in [-0.3, -0.25) is 4.72 Å². The molecular weight excluding hydrogens is 463 g/mol. The normalized spacial score (nSPS) is 21.5. The topological polar surface area (TPSA) is 58.2 Å². The predicted molar refractivity (Wildman–Crippen MR) is 131 cm³/mol. The Morgan fingerprint density at radius 2 is 1.84 bits per heavy atom. The zero-order valence-electron chi connectivity index (χ0n) is 17.3. The van der Waals surface area contributed by atoms with E-state index in [9.17, 15) is 8.42 Å². The van der Waals surface area contributed by atoms with Gasteiger partial charge in [0.25, 0.3) is 10.0 Å². The molecule has 0 amide bonds. The third kappa shape index (κ3) is 3.90. The zero-order chi connectivity index (χ0) is 22.5. The SMILES string of the molecule is Cc1cccc(NS(=O)(=O)c2ccc3c(c2)[C@H]2C=CC[C@@H]2[C@H](c2ccc(Cl)c(Cl)c2)N3)c1. The van der Waals surface area contributed by atoms with Crippen molar-refractivity contribution in [3.8, 4) is 0 Å². The lowest BCUT2D eigenvalue weighted by molar-refractivity contribution is 0.425. The molecule has 0 unspecified atom stereocenters. The van der Waals surface area contributed by atoms with Crippen molar-refractivity contribution < 1.29 is 8.42 Å². The van der Waals surface area contributed by atoms with E-state index in [4.69, 9.17) is 23.2 Å². The summed E-state index contributed by atoms with van der Waals surface area (Å²) >= 11 is 12.4. The molecule has 0 aromatic heterocycles. The lowest BCUT2D eigenvalue weighted by atomic mass is 9.77. The van der Waals surface area contributed by atoms with Crippen molar-refractivity contribution in [3.63, 3.8) is 0 Å². The van der Waals surface area contributed by atoms with Crippen LogP contribution >= 0.6 is 23.2 Å². The number of rotatable bonds is 4. The summed E-state index contributed by atoms with van der Waals surface area (Å²) in [5.74, 6) is 0.391. The number of sulfonamides is 1. The monoisotopic (exact) mass is 484 g/mol. The number of nitrogens with one attached hydrogen (secondary N) is 2. The van der Waals surface area contributed by atoms with E-state index in [-0.39, 0.29) is 22.8 Å². The van der Waals surface area contributed by atoms with Gasteiger partial charge < -0.3 is 5.32 Å². The van der Waals surface area contributed by atoms with Gasteiger partial charge in [-0.25, -0.2) is 8.42 Å². The molecule has 7 heteroatoms. The molecule has 32 heavy (non-hydrogen) atoms. The largest absolute Gasteiger partial charge is 0.378 e. The fourth-order valence-corrected chi connectivity index (χ4v) is 6.09. The summed E-state index contributed by atoms with van der Waals surface area (Å²) in [6, 6.07) is 18.4. The van der Waals surface area contributed by atoms with Gasteiger partial charge in [0.1, 0.15) is 0 Å². The molecule has 0 saturated heterocycles. The molecule has 0 radical (unpaired) electrons. The molecule has 0 bridgehead atoms. The van der Waals surface area contributed by atoms with Crippen LogP contribution in [0.25, 0.3) is 0 Å². The molecule has 2 N–H and O–H groups in total. The summed E-state index contributed by atoms with van der Waals surface area (Å²) in [6.45, 7) is 1.93. The molecule has 5 rings (SSSR count). The molecule has 0 spiro atoms. The van der Waals surface area contributed by atoms with Crippen LogP contribution in [0.5, 0.6) is 0 Å². The van der Waals surface area contributed by atoms with Crippen molar-refractivity contribution in [2.75, 3.05) is 10.0 Å². The highest BCUT2D eigenvalue weighted by Gasteiger charge is 2.38. The Kier molecular flexibility index (Phi) is 5.44. The van der Waals surface area contributed by atoms with Crippen LogP contribution < -0.4 is 10.0 Å². The van der Waals surface area contributed by atoms with Gasteiger partial charge in [-0.1, -0.05) is 53.6 Å². The van der Waals surface area contributed by atoms with Gasteiger partial charge >= 0.3 is 0 Å². The highest BCUT2D eigenvalue weighted by Crippen LogP contribution is 2.50. The Hall–Kier alpha value is -2.47. The number of benzene rings is 3. The van der Waals surface area contributed by atoms with Crippen LogP contribution in [0, 0.1) is 12.8 Å². The molecule has 3 atom stereocenters. The first kappa shape index (κ1) is 21.4. The van der Waals surface area contributed by atoms with Gasteiger partial charge in [0.05, 0.1) is 21.0 Å². The van der Waals surface area contributed by atoms with Gasteiger partial charge in [0.15, 0.2) is 0 Å². The molecule has 0 saturated carbocycles. The Bertz CT molecular complexity index is 1340. The van der Waals surface area contributed by atoms with Gasteiger partial charge in [-0.05, 0) is 78.4 Å². The minimum absolute atomic E-state index is 0.0603. The highest BCUT2D eigenvalue weighted by atomic mass is 35.5. The molecule has 0 fully saturated rings. The number of fused-ring (bicyclic) bond motifs is 3. The van der Waals surface area contributed by atoms with E-state index in [1.54, 1.807) is 18.2 Å². The lowest BCUT2D eigenvalue weighted by Gasteiger charge is -2.37. The first-order valence-corrected chi connectivity index (χ1v) is 12.7. The molecular formula is C25H22Cl2N2O2S. The van der Waals surface area contributed by atoms with Gasteiger partial charge in [-0.15, -0.1) is 0 Å². The molecule has 1 aliphatic heterocycles. The van der Waals surface area contributed by atoms with E-state index >= 15 is 0 Å². The van der Waals surface area contributed by atoms with E-state index in [2.05, 4.69) is 22.2 Å². The third-order valence-electron chi connectivity index (χ3n) is 6.22. The minimum atomic E-state index is -3.70. The lowest BCUT2D eigenvalue weighted by Crippen LogP contribution is -2.29. The molecule has 3 aromatic carbocycles. The van der Waals surface area contributed by atoms with Crippen LogP contribution in [0.4, 0.5) is 11.4 Å². The van der Waals surface area contributed by atoms with Crippen LogP contribution in [0.1, 0.15) is 35.1 Å². The summed E-state index contributed by atoms with van der Waals surface area (Å²) in [7, 11) is -3.70. The zero-order valence-corrected chi connectivity index (χ0v) is 19.7. The van der Waals surface area contributed by atoms with E-state index < -0.39 is 10.0 Å². The second kappa shape index (κ2) is 8.14. The summed E-state index contributed by atoms with van der Waals surface area (Å²) in [5.41, 5.74) is 4.54. The van der Waals surface area contributed by atoms with Crippen molar-refractivity contribution in [1.29, 1.82) is 0 Å². The maximum Gasteiger partial charge on any atom is 0.261 e. The second-order valence-corrected chi connectivity index (χ2v) is 10.9. The van der Waals surface area contributed by atoms with Crippen molar-refractivity contribution in [2.24, 2.45) is 5.92 Å². The van der Waals surface area contributed by atoms with E-state index in [1.165, 1.54) is 0 Å². The highest BCUT2D eigenvalue weighted by molar-refractivity contribution is 7.92. The second-order valence-electron chi connectivity index (χ2n) is 8.37. The first-order valence-electron chi connectivity index (χ1n) is 10.4. The fourth-order valence-electron chi connectivity index (χ4n) is 4.70. The quantitative estimate of drug-likeness (QED) is 0.394. The summed E-state index contributed by atoms with van der Waals surface area (Å²) in [4.78, 5) is 0.256. The van der Waals surface area contributed by atoms with E-state index in [0.717, 1.165) is 28.8 Å².